The lowest BCUT2D eigenvalue weighted by molar-refractivity contribution is -0.388. The Labute approximate surface area is 53.8 Å². The first-order chi connectivity index (χ1) is 4.43. The van der Waals surface area contributed by atoms with Gasteiger partial charge < -0.3 is 4.74 Å². The SMILES string of the molecule is NOOC1CCCCO1. The van der Waals surface area contributed by atoms with Crippen LogP contribution in [0.5, 0.6) is 0 Å². The second-order valence-electron chi connectivity index (χ2n) is 1.99. The minimum atomic E-state index is -0.247. The summed E-state index contributed by atoms with van der Waals surface area (Å²) in [6.45, 7) is 0.744. The minimum absolute atomic E-state index is 0.247. The van der Waals surface area contributed by atoms with Crippen molar-refractivity contribution in [1.29, 1.82) is 0 Å². The van der Waals surface area contributed by atoms with Crippen LogP contribution in [0.15, 0.2) is 0 Å². The second kappa shape index (κ2) is 3.79. The Hall–Kier alpha value is -0.160. The Morgan fingerprint density at radius 2 is 2.33 bits per heavy atom. The molecular formula is C5H11NO3. The molecule has 1 fully saturated rings. The quantitative estimate of drug-likeness (QED) is 0.435. The molecule has 0 radical (unpaired) electrons. The molecule has 1 heterocycles. The molecule has 0 spiro atoms. The van der Waals surface area contributed by atoms with Crippen molar-refractivity contribution in [1.82, 2.24) is 0 Å². The molecule has 54 valence electrons. The Kier molecular flexibility index (Phi) is 2.93. The maximum Gasteiger partial charge on any atom is 0.193 e. The van der Waals surface area contributed by atoms with E-state index in [4.69, 9.17) is 4.74 Å². The van der Waals surface area contributed by atoms with Crippen molar-refractivity contribution in [3.05, 3.63) is 0 Å². The van der Waals surface area contributed by atoms with Crippen molar-refractivity contribution in [3.8, 4) is 0 Å². The second-order valence-corrected chi connectivity index (χ2v) is 1.99. The van der Waals surface area contributed by atoms with Crippen LogP contribution in [0.4, 0.5) is 0 Å². The third kappa shape index (κ3) is 2.28. The molecule has 4 nitrogen and oxygen atoms in total. The summed E-state index contributed by atoms with van der Waals surface area (Å²) in [4.78, 5) is 8.49. The summed E-state index contributed by atoms with van der Waals surface area (Å²) in [6, 6.07) is 0. The van der Waals surface area contributed by atoms with E-state index >= 15 is 0 Å². The molecule has 4 heteroatoms. The standard InChI is InChI=1S/C5H11NO3/c6-9-8-5-3-1-2-4-7-5/h5H,1-4,6H2. The zero-order valence-corrected chi connectivity index (χ0v) is 5.21. The maximum atomic E-state index is 5.09. The van der Waals surface area contributed by atoms with Gasteiger partial charge in [0.25, 0.3) is 0 Å². The van der Waals surface area contributed by atoms with Gasteiger partial charge in [-0.1, -0.05) is 0 Å². The number of rotatable bonds is 2. The molecule has 1 aliphatic heterocycles. The lowest BCUT2D eigenvalue weighted by atomic mass is 10.2. The third-order valence-corrected chi connectivity index (χ3v) is 1.30. The number of hydrogen-bond acceptors (Lipinski definition) is 4. The van der Waals surface area contributed by atoms with Gasteiger partial charge in [0.1, 0.15) is 0 Å². The first kappa shape index (κ1) is 6.95. The fourth-order valence-electron chi connectivity index (χ4n) is 0.849. The van der Waals surface area contributed by atoms with Gasteiger partial charge in [-0.25, -0.2) is 0 Å². The van der Waals surface area contributed by atoms with E-state index in [-0.39, 0.29) is 6.29 Å². The summed E-state index contributed by atoms with van der Waals surface area (Å²) in [7, 11) is 0. The molecule has 9 heavy (non-hydrogen) atoms. The van der Waals surface area contributed by atoms with Crippen LogP contribution in [0.2, 0.25) is 0 Å². The molecule has 0 saturated carbocycles. The van der Waals surface area contributed by atoms with Gasteiger partial charge in [-0.2, -0.15) is 10.8 Å². The van der Waals surface area contributed by atoms with Crippen molar-refractivity contribution in [2.24, 2.45) is 5.90 Å². The fourth-order valence-corrected chi connectivity index (χ4v) is 0.849. The van der Waals surface area contributed by atoms with Crippen LogP contribution in [-0.4, -0.2) is 12.9 Å². The normalized spacial score (nSPS) is 28.3. The van der Waals surface area contributed by atoms with Crippen molar-refractivity contribution in [3.63, 3.8) is 0 Å². The van der Waals surface area contributed by atoms with E-state index in [1.165, 1.54) is 0 Å². The summed E-state index contributed by atoms with van der Waals surface area (Å²) in [6.07, 6.45) is 2.85. The van der Waals surface area contributed by atoms with Crippen LogP contribution in [0, 0.1) is 0 Å². The van der Waals surface area contributed by atoms with Crippen molar-refractivity contribution >= 4 is 0 Å². The summed E-state index contributed by atoms with van der Waals surface area (Å²) in [5, 5.41) is 0. The van der Waals surface area contributed by atoms with Crippen molar-refractivity contribution in [2.45, 2.75) is 25.6 Å². The van der Waals surface area contributed by atoms with Gasteiger partial charge in [-0.3, -0.25) is 0 Å². The molecule has 1 saturated heterocycles. The minimum Gasteiger partial charge on any atom is -0.350 e. The van der Waals surface area contributed by atoms with Gasteiger partial charge in [-0.05, 0) is 12.8 Å². The molecule has 0 aromatic heterocycles. The summed E-state index contributed by atoms with van der Waals surface area (Å²) in [5.41, 5.74) is 0. The van der Waals surface area contributed by atoms with E-state index in [1.54, 1.807) is 0 Å². The van der Waals surface area contributed by atoms with E-state index in [0.717, 1.165) is 25.9 Å². The van der Waals surface area contributed by atoms with Crippen LogP contribution in [0.1, 0.15) is 19.3 Å². The zero-order valence-electron chi connectivity index (χ0n) is 5.21. The highest BCUT2D eigenvalue weighted by atomic mass is 17.3. The summed E-state index contributed by atoms with van der Waals surface area (Å²) >= 11 is 0. The van der Waals surface area contributed by atoms with E-state index < -0.39 is 0 Å². The van der Waals surface area contributed by atoms with E-state index in [0.29, 0.717) is 0 Å². The topological polar surface area (TPSA) is 53.7 Å². The van der Waals surface area contributed by atoms with Gasteiger partial charge in [0.05, 0.1) is 0 Å². The van der Waals surface area contributed by atoms with Crippen LogP contribution in [0.25, 0.3) is 0 Å². The smallest absolute Gasteiger partial charge is 0.193 e. The molecule has 1 unspecified atom stereocenters. The largest absolute Gasteiger partial charge is 0.350 e. The molecule has 1 atom stereocenters. The Balaban J connectivity index is 2.08. The molecule has 0 bridgehead atoms. The van der Waals surface area contributed by atoms with Gasteiger partial charge >= 0.3 is 0 Å². The molecule has 2 N–H and O–H groups in total. The molecule has 0 aromatic rings. The highest BCUT2D eigenvalue weighted by Gasteiger charge is 2.13. The van der Waals surface area contributed by atoms with Crippen molar-refractivity contribution in [2.75, 3.05) is 6.61 Å². The van der Waals surface area contributed by atoms with Crippen LogP contribution in [-0.2, 0) is 14.6 Å². The first-order valence-corrected chi connectivity index (χ1v) is 3.07. The summed E-state index contributed by atoms with van der Waals surface area (Å²) < 4.78 is 5.09. The van der Waals surface area contributed by atoms with Gasteiger partial charge in [0, 0.05) is 13.0 Å². The van der Waals surface area contributed by atoms with E-state index in [2.05, 4.69) is 15.8 Å². The van der Waals surface area contributed by atoms with Gasteiger partial charge in [-0.15, -0.1) is 4.99 Å². The predicted molar refractivity (Wildman–Crippen MR) is 29.9 cm³/mol. The summed E-state index contributed by atoms with van der Waals surface area (Å²) in [5.74, 6) is 4.66. The lowest BCUT2D eigenvalue weighted by Crippen LogP contribution is -2.23. The molecule has 0 aromatic carbocycles. The monoisotopic (exact) mass is 133 g/mol. The number of nitrogens with two attached hydrogens (primary N) is 1. The van der Waals surface area contributed by atoms with Crippen LogP contribution >= 0.6 is 0 Å². The highest BCUT2D eigenvalue weighted by molar-refractivity contribution is 4.51. The Bertz CT molecular complexity index is 69.8. The number of ether oxygens (including phenoxy) is 1. The van der Waals surface area contributed by atoms with Crippen LogP contribution in [0.3, 0.4) is 0 Å². The Morgan fingerprint density at radius 1 is 1.44 bits per heavy atom. The molecule has 1 rings (SSSR count). The van der Waals surface area contributed by atoms with Gasteiger partial charge in [0.2, 0.25) is 0 Å². The van der Waals surface area contributed by atoms with Gasteiger partial charge in [0.15, 0.2) is 6.29 Å². The third-order valence-electron chi connectivity index (χ3n) is 1.30. The fraction of sp³-hybridized carbons (Fsp3) is 1.00. The molecule has 0 aliphatic carbocycles. The average Bonchev–Trinajstić information content (AvgIpc) is 1.91. The molecule has 1 aliphatic rings. The lowest BCUT2D eigenvalue weighted by Gasteiger charge is -2.19. The highest BCUT2D eigenvalue weighted by Crippen LogP contribution is 2.12. The van der Waals surface area contributed by atoms with E-state index in [9.17, 15) is 0 Å². The zero-order chi connectivity index (χ0) is 6.53. The van der Waals surface area contributed by atoms with E-state index in [1.807, 2.05) is 0 Å². The molecule has 0 amide bonds. The predicted octanol–water partition coefficient (Wildman–Crippen LogP) is 0.335. The molecular weight excluding hydrogens is 122 g/mol. The average molecular weight is 133 g/mol. The van der Waals surface area contributed by atoms with Crippen molar-refractivity contribution < 1.29 is 14.6 Å². The first-order valence-electron chi connectivity index (χ1n) is 3.07. The number of hydrogen-bond donors (Lipinski definition) is 1. The Morgan fingerprint density at radius 3 is 2.89 bits per heavy atom. The maximum absolute atomic E-state index is 5.09. The van der Waals surface area contributed by atoms with Crippen LogP contribution < -0.4 is 5.90 Å².